The fourth-order valence-corrected chi connectivity index (χ4v) is 5.22. The van der Waals surface area contributed by atoms with Gasteiger partial charge in [-0.05, 0) is 29.7 Å². The highest BCUT2D eigenvalue weighted by molar-refractivity contribution is 7.90. The number of nitrogens with zero attached hydrogens (tertiary/aromatic N) is 2. The predicted octanol–water partition coefficient (Wildman–Crippen LogP) is 2.90. The van der Waals surface area contributed by atoms with Crippen LogP contribution in [0.3, 0.4) is 0 Å². The lowest BCUT2D eigenvalue weighted by atomic mass is 10.1. The summed E-state index contributed by atoms with van der Waals surface area (Å²) in [6.45, 7) is 2.55. The third-order valence-electron chi connectivity index (χ3n) is 5.29. The zero-order chi connectivity index (χ0) is 23.8. The zero-order valence-electron chi connectivity index (χ0n) is 18.5. The second-order valence-corrected chi connectivity index (χ2v) is 10.8. The van der Waals surface area contributed by atoms with E-state index in [2.05, 4.69) is 27.8 Å². The van der Waals surface area contributed by atoms with E-state index in [4.69, 9.17) is 23.2 Å². The zero-order valence-corrected chi connectivity index (χ0v) is 20.8. The molecule has 2 N–H and O–H groups in total. The van der Waals surface area contributed by atoms with Crippen molar-refractivity contribution >= 4 is 44.8 Å². The van der Waals surface area contributed by atoms with Crippen LogP contribution in [0.25, 0.3) is 0 Å². The molecule has 0 radical (unpaired) electrons. The maximum Gasteiger partial charge on any atom is 0.223 e. The molecule has 0 spiro atoms. The first kappa shape index (κ1) is 25.5. The van der Waals surface area contributed by atoms with Crippen LogP contribution >= 0.6 is 23.2 Å². The number of amidine groups is 1. The molecule has 1 aliphatic rings. The number of sulfone groups is 1. The van der Waals surface area contributed by atoms with Crippen LogP contribution in [0.5, 0.6) is 0 Å². The summed E-state index contributed by atoms with van der Waals surface area (Å²) in [5.41, 5.74) is 2.71. The van der Waals surface area contributed by atoms with Crippen LogP contribution in [0.2, 0.25) is 10.0 Å². The Bertz CT molecular complexity index is 1110. The first-order chi connectivity index (χ1) is 15.7. The number of hydrogen-bond acceptors (Lipinski definition) is 6. The van der Waals surface area contributed by atoms with Crippen LogP contribution in [-0.4, -0.2) is 64.2 Å². The maximum absolute atomic E-state index is 12.4. The van der Waals surface area contributed by atoms with Crippen molar-refractivity contribution in [1.29, 1.82) is 0 Å². The van der Waals surface area contributed by atoms with E-state index in [-0.39, 0.29) is 30.5 Å². The molecule has 7 nitrogen and oxygen atoms in total. The number of amides is 1. The highest BCUT2D eigenvalue weighted by Gasteiger charge is 2.15. The number of rotatable bonds is 11. The number of aliphatic imine (C=N–C) groups is 1. The Balaban J connectivity index is 1.36. The smallest absolute Gasteiger partial charge is 0.223 e. The molecule has 3 rings (SSSR count). The Labute approximate surface area is 205 Å². The lowest BCUT2D eigenvalue weighted by molar-refractivity contribution is -0.129. The van der Waals surface area contributed by atoms with Gasteiger partial charge in [0.05, 0.1) is 18.2 Å². The van der Waals surface area contributed by atoms with E-state index in [0.29, 0.717) is 22.2 Å². The monoisotopic (exact) mass is 510 g/mol. The molecular weight excluding hydrogens is 483 g/mol. The summed E-state index contributed by atoms with van der Waals surface area (Å²) in [5, 5.41) is 6.87. The average Bonchev–Trinajstić information content (AvgIpc) is 3.32. The number of hydrogen-bond donors (Lipinski definition) is 2. The van der Waals surface area contributed by atoms with Crippen molar-refractivity contribution in [1.82, 2.24) is 15.5 Å². The molecule has 0 aromatic heterocycles. The highest BCUT2D eigenvalue weighted by Crippen LogP contribution is 2.22. The van der Waals surface area contributed by atoms with Gasteiger partial charge in [-0.15, -0.1) is 0 Å². The van der Waals surface area contributed by atoms with Crippen molar-refractivity contribution in [3.05, 3.63) is 69.2 Å². The summed E-state index contributed by atoms with van der Waals surface area (Å²) >= 11 is 11.9. The third-order valence-corrected chi connectivity index (χ3v) is 7.27. The van der Waals surface area contributed by atoms with E-state index in [9.17, 15) is 13.2 Å². The maximum atomic E-state index is 12.4. The van der Waals surface area contributed by atoms with E-state index in [0.717, 1.165) is 36.5 Å². The van der Waals surface area contributed by atoms with Crippen LogP contribution in [0.1, 0.15) is 23.1 Å². The average molecular weight is 511 g/mol. The Hall–Kier alpha value is -2.13. The van der Waals surface area contributed by atoms with Gasteiger partial charge in [-0.2, -0.15) is 0 Å². The fourth-order valence-electron chi connectivity index (χ4n) is 3.38. The fraction of sp³-hybridized carbons (Fsp3) is 0.391. The van der Waals surface area contributed by atoms with Gasteiger partial charge >= 0.3 is 0 Å². The first-order valence-electron chi connectivity index (χ1n) is 10.7. The molecule has 1 aliphatic heterocycles. The van der Waals surface area contributed by atoms with Gasteiger partial charge in [-0.3, -0.25) is 9.79 Å². The molecule has 0 unspecified atom stereocenters. The summed E-state index contributed by atoms with van der Waals surface area (Å²) in [7, 11) is -1.66. The van der Waals surface area contributed by atoms with Gasteiger partial charge in [-0.25, -0.2) is 8.42 Å². The van der Waals surface area contributed by atoms with E-state index < -0.39 is 9.84 Å². The van der Waals surface area contributed by atoms with Crippen molar-refractivity contribution in [3.8, 4) is 0 Å². The van der Waals surface area contributed by atoms with Gasteiger partial charge in [0, 0.05) is 48.7 Å². The molecule has 2 aromatic carbocycles. The summed E-state index contributed by atoms with van der Waals surface area (Å²) < 4.78 is 24.6. The largest absolute Gasteiger partial charge is 0.368 e. The number of carbonyl (C=O) groups is 1. The molecule has 0 aliphatic carbocycles. The molecular formula is C23H28Cl2N4O3S. The van der Waals surface area contributed by atoms with Gasteiger partial charge < -0.3 is 15.5 Å². The molecule has 178 valence electrons. The second-order valence-electron chi connectivity index (χ2n) is 7.94. The molecule has 1 amide bonds. The molecule has 0 saturated heterocycles. The number of likely N-dealkylation sites (N-methyl/N-ethyl adjacent to an activating group) is 1. The Morgan fingerprint density at radius 2 is 1.94 bits per heavy atom. The molecule has 0 saturated carbocycles. The predicted molar refractivity (Wildman–Crippen MR) is 134 cm³/mol. The van der Waals surface area contributed by atoms with Crippen molar-refractivity contribution in [2.24, 2.45) is 4.99 Å². The Morgan fingerprint density at radius 3 is 2.61 bits per heavy atom. The number of carbonyl (C=O) groups excluding carboxylic acids is 1. The van der Waals surface area contributed by atoms with Crippen molar-refractivity contribution in [2.45, 2.75) is 18.6 Å². The highest BCUT2D eigenvalue weighted by atomic mass is 35.5. The van der Waals surface area contributed by atoms with Gasteiger partial charge in [0.2, 0.25) is 5.91 Å². The summed E-state index contributed by atoms with van der Waals surface area (Å²) in [6.07, 6.45) is 0.963. The van der Waals surface area contributed by atoms with Gasteiger partial charge in [0.25, 0.3) is 0 Å². The van der Waals surface area contributed by atoms with E-state index in [1.165, 1.54) is 6.07 Å². The SMILES string of the molecule is CN(CCc1ccc(C2=NCCN2)cc1)C(=O)CCNCS(=O)(=O)Cc1ccc(Cl)cc1Cl. The van der Waals surface area contributed by atoms with Crippen molar-refractivity contribution in [2.75, 3.05) is 39.1 Å². The summed E-state index contributed by atoms with van der Waals surface area (Å²) in [5.74, 6) is 0.475. The minimum absolute atomic E-state index is 0.0400. The molecule has 0 fully saturated rings. The Kier molecular flexibility index (Phi) is 9.14. The minimum atomic E-state index is -3.42. The Morgan fingerprint density at radius 1 is 1.18 bits per heavy atom. The molecule has 2 aromatic rings. The van der Waals surface area contributed by atoms with Crippen LogP contribution in [0.15, 0.2) is 47.5 Å². The lowest BCUT2D eigenvalue weighted by Crippen LogP contribution is -2.33. The minimum Gasteiger partial charge on any atom is -0.368 e. The van der Waals surface area contributed by atoms with Crippen LogP contribution < -0.4 is 10.6 Å². The molecule has 0 atom stereocenters. The van der Waals surface area contributed by atoms with Gasteiger partial charge in [0.1, 0.15) is 5.84 Å². The quantitative estimate of drug-likeness (QED) is 0.453. The third kappa shape index (κ3) is 7.99. The first-order valence-corrected chi connectivity index (χ1v) is 13.3. The molecule has 10 heteroatoms. The normalized spacial score (nSPS) is 13.5. The number of nitrogens with one attached hydrogen (secondary N) is 2. The standard InChI is InChI=1S/C23H28Cl2N4O3S/c1-29(13-9-17-2-4-18(5-3-17)23-27-11-12-28-23)22(30)8-10-26-16-33(31,32)15-19-6-7-20(24)14-21(19)25/h2-7,14,26H,8-13,15-16H2,1H3,(H,27,28). The summed E-state index contributed by atoms with van der Waals surface area (Å²) in [6, 6.07) is 12.9. The molecule has 33 heavy (non-hydrogen) atoms. The van der Waals surface area contributed by atoms with Gasteiger partial charge in [0.15, 0.2) is 9.84 Å². The lowest BCUT2D eigenvalue weighted by Gasteiger charge is -2.17. The molecule has 0 bridgehead atoms. The van der Waals surface area contributed by atoms with Crippen molar-refractivity contribution in [3.63, 3.8) is 0 Å². The van der Waals surface area contributed by atoms with E-state index >= 15 is 0 Å². The summed E-state index contributed by atoms with van der Waals surface area (Å²) in [4.78, 5) is 18.4. The van der Waals surface area contributed by atoms with Crippen molar-refractivity contribution < 1.29 is 13.2 Å². The van der Waals surface area contributed by atoms with Crippen LogP contribution in [0.4, 0.5) is 0 Å². The van der Waals surface area contributed by atoms with Gasteiger partial charge in [-0.1, -0.05) is 53.5 Å². The molecule has 1 heterocycles. The van der Waals surface area contributed by atoms with E-state index in [1.807, 2.05) is 12.1 Å². The van der Waals surface area contributed by atoms with Crippen LogP contribution in [0, 0.1) is 0 Å². The number of halogens is 2. The topological polar surface area (TPSA) is 90.9 Å². The number of benzene rings is 2. The van der Waals surface area contributed by atoms with E-state index in [1.54, 1.807) is 24.1 Å². The van der Waals surface area contributed by atoms with Crippen LogP contribution in [-0.2, 0) is 26.8 Å². The second kappa shape index (κ2) is 11.8.